The van der Waals surface area contributed by atoms with Gasteiger partial charge in [-0.1, -0.05) is 13.8 Å². The molecule has 1 aliphatic heterocycles. The second kappa shape index (κ2) is 9.58. The van der Waals surface area contributed by atoms with Gasteiger partial charge in [0.25, 0.3) is 0 Å². The summed E-state index contributed by atoms with van der Waals surface area (Å²) in [5, 5.41) is 6.31. The van der Waals surface area contributed by atoms with E-state index >= 15 is 0 Å². The fourth-order valence-corrected chi connectivity index (χ4v) is 2.29. The van der Waals surface area contributed by atoms with Gasteiger partial charge in [0.15, 0.2) is 0 Å². The highest BCUT2D eigenvalue weighted by atomic mass is 32.2. The second-order valence-corrected chi connectivity index (χ2v) is 5.99. The minimum Gasteiger partial charge on any atom is -0.374 e. The molecule has 0 unspecified atom stereocenters. The van der Waals surface area contributed by atoms with Crippen LogP contribution in [-0.4, -0.2) is 68.4 Å². The van der Waals surface area contributed by atoms with Crippen molar-refractivity contribution in [3.05, 3.63) is 0 Å². The van der Waals surface area contributed by atoms with Crippen LogP contribution in [-0.2, 0) is 9.53 Å². The van der Waals surface area contributed by atoms with Gasteiger partial charge in [-0.15, -0.1) is 11.8 Å². The molecule has 0 aromatic carbocycles. The first-order chi connectivity index (χ1) is 9.13. The zero-order chi connectivity index (χ0) is 14.1. The van der Waals surface area contributed by atoms with E-state index in [1.807, 2.05) is 13.8 Å². The van der Waals surface area contributed by atoms with Gasteiger partial charge in [0.05, 0.1) is 12.7 Å². The summed E-state index contributed by atoms with van der Waals surface area (Å²) in [7, 11) is 0. The number of thioether (sulfide) groups is 1. The summed E-state index contributed by atoms with van der Waals surface area (Å²) in [6.45, 7) is 9.11. The Bertz CT molecular complexity index is 264. The van der Waals surface area contributed by atoms with E-state index in [4.69, 9.17) is 4.74 Å². The second-order valence-electron chi connectivity index (χ2n) is 5.13. The quantitative estimate of drug-likeness (QED) is 0.499. The van der Waals surface area contributed by atoms with Gasteiger partial charge in [-0.2, -0.15) is 0 Å². The summed E-state index contributed by atoms with van der Waals surface area (Å²) in [6.07, 6.45) is 2.21. The smallest absolute Gasteiger partial charge is 0.222 e. The molecule has 0 aromatic rings. The number of ether oxygens (including phenoxy) is 1. The molecule has 0 saturated carbocycles. The summed E-state index contributed by atoms with van der Waals surface area (Å²) in [5.74, 6) is 1.14. The van der Waals surface area contributed by atoms with Gasteiger partial charge >= 0.3 is 0 Å². The fourth-order valence-electron chi connectivity index (χ4n) is 1.94. The van der Waals surface area contributed by atoms with Crippen molar-refractivity contribution >= 4 is 17.7 Å². The maximum Gasteiger partial charge on any atom is 0.222 e. The van der Waals surface area contributed by atoms with Crippen LogP contribution in [0, 0.1) is 5.92 Å². The zero-order valence-electron chi connectivity index (χ0n) is 12.3. The molecule has 0 aliphatic carbocycles. The lowest BCUT2D eigenvalue weighted by Gasteiger charge is -2.33. The van der Waals surface area contributed by atoms with Crippen LogP contribution >= 0.6 is 11.8 Å². The van der Waals surface area contributed by atoms with E-state index in [2.05, 4.69) is 21.8 Å². The first kappa shape index (κ1) is 16.8. The van der Waals surface area contributed by atoms with Gasteiger partial charge in [0, 0.05) is 44.5 Å². The Labute approximate surface area is 120 Å². The van der Waals surface area contributed by atoms with Gasteiger partial charge in [-0.3, -0.25) is 9.69 Å². The summed E-state index contributed by atoms with van der Waals surface area (Å²) in [4.78, 5) is 13.9. The van der Waals surface area contributed by atoms with Crippen LogP contribution in [0.15, 0.2) is 0 Å². The van der Waals surface area contributed by atoms with E-state index in [0.29, 0.717) is 6.54 Å². The zero-order valence-corrected chi connectivity index (χ0v) is 13.1. The third-order valence-electron chi connectivity index (χ3n) is 3.10. The van der Waals surface area contributed by atoms with Crippen molar-refractivity contribution in [2.75, 3.05) is 51.5 Å². The topological polar surface area (TPSA) is 53.6 Å². The van der Waals surface area contributed by atoms with Crippen LogP contribution in [0.4, 0.5) is 0 Å². The molecule has 6 heteroatoms. The Kier molecular flexibility index (Phi) is 8.45. The maximum atomic E-state index is 11.5. The molecule has 0 radical (unpaired) electrons. The van der Waals surface area contributed by atoms with Crippen LogP contribution < -0.4 is 10.6 Å². The molecule has 1 saturated heterocycles. The summed E-state index contributed by atoms with van der Waals surface area (Å²) >= 11 is 1.80. The number of nitrogens with zero attached hydrogens (tertiary/aromatic N) is 1. The molecule has 19 heavy (non-hydrogen) atoms. The van der Waals surface area contributed by atoms with Crippen LogP contribution in [0.1, 0.15) is 13.8 Å². The van der Waals surface area contributed by atoms with Crippen LogP contribution in [0.3, 0.4) is 0 Å². The highest BCUT2D eigenvalue weighted by Gasteiger charge is 2.20. The molecule has 0 bridgehead atoms. The molecule has 1 aliphatic rings. The highest BCUT2D eigenvalue weighted by Crippen LogP contribution is 2.04. The molecule has 1 heterocycles. The van der Waals surface area contributed by atoms with E-state index in [0.717, 1.165) is 38.7 Å². The number of rotatable bonds is 8. The predicted molar refractivity (Wildman–Crippen MR) is 80.4 cm³/mol. The molecule has 1 rings (SSSR count). The van der Waals surface area contributed by atoms with Crippen LogP contribution in [0.25, 0.3) is 0 Å². The number of carbonyl (C=O) groups excluding carboxylic acids is 1. The first-order valence-corrected chi connectivity index (χ1v) is 8.34. The van der Waals surface area contributed by atoms with Crippen molar-refractivity contribution in [1.82, 2.24) is 15.5 Å². The van der Waals surface area contributed by atoms with Crippen molar-refractivity contribution in [3.63, 3.8) is 0 Å². The van der Waals surface area contributed by atoms with Crippen LogP contribution in [0.5, 0.6) is 0 Å². The summed E-state index contributed by atoms with van der Waals surface area (Å²) < 4.78 is 5.68. The SMILES string of the molecule is CSCNCCN1CCO[C@H](CNC(=O)C(C)C)C1. The van der Waals surface area contributed by atoms with Crippen molar-refractivity contribution in [2.45, 2.75) is 20.0 Å². The average Bonchev–Trinajstić information content (AvgIpc) is 2.41. The monoisotopic (exact) mass is 289 g/mol. The number of amides is 1. The molecule has 112 valence electrons. The van der Waals surface area contributed by atoms with E-state index in [1.165, 1.54) is 0 Å². The van der Waals surface area contributed by atoms with E-state index < -0.39 is 0 Å². The number of hydrogen-bond donors (Lipinski definition) is 2. The maximum absolute atomic E-state index is 11.5. The molecular weight excluding hydrogens is 262 g/mol. The van der Waals surface area contributed by atoms with Crippen molar-refractivity contribution < 1.29 is 9.53 Å². The Hall–Kier alpha value is -0.300. The van der Waals surface area contributed by atoms with Crippen molar-refractivity contribution in [3.8, 4) is 0 Å². The Morgan fingerprint density at radius 1 is 1.53 bits per heavy atom. The van der Waals surface area contributed by atoms with Gasteiger partial charge in [-0.05, 0) is 6.26 Å². The summed E-state index contributed by atoms with van der Waals surface area (Å²) in [6, 6.07) is 0. The Morgan fingerprint density at radius 3 is 3.00 bits per heavy atom. The predicted octanol–water partition coefficient (Wildman–Crippen LogP) is 0.370. The molecule has 2 N–H and O–H groups in total. The van der Waals surface area contributed by atoms with Gasteiger partial charge in [-0.25, -0.2) is 0 Å². The molecular formula is C13H27N3O2S. The molecule has 1 amide bonds. The molecule has 1 fully saturated rings. The van der Waals surface area contributed by atoms with Gasteiger partial charge < -0.3 is 15.4 Å². The van der Waals surface area contributed by atoms with Crippen molar-refractivity contribution in [2.24, 2.45) is 5.92 Å². The fraction of sp³-hybridized carbons (Fsp3) is 0.923. The number of morpholine rings is 1. The van der Waals surface area contributed by atoms with Crippen LogP contribution in [0.2, 0.25) is 0 Å². The minimum absolute atomic E-state index is 0.0374. The molecule has 5 nitrogen and oxygen atoms in total. The minimum atomic E-state index is 0.0374. The Balaban J connectivity index is 2.17. The number of nitrogens with one attached hydrogen (secondary N) is 2. The largest absolute Gasteiger partial charge is 0.374 e. The number of carbonyl (C=O) groups is 1. The number of hydrogen-bond acceptors (Lipinski definition) is 5. The normalized spacial score (nSPS) is 20.7. The standard InChI is InChI=1S/C13H27N3O2S/c1-11(2)13(17)15-8-12-9-16(6-7-18-12)5-4-14-10-19-3/h11-12,14H,4-10H2,1-3H3,(H,15,17)/t12-/m1/s1. The lowest BCUT2D eigenvalue weighted by atomic mass is 10.2. The molecule has 1 atom stereocenters. The third-order valence-corrected chi connectivity index (χ3v) is 3.60. The van der Waals surface area contributed by atoms with Crippen molar-refractivity contribution in [1.29, 1.82) is 0 Å². The first-order valence-electron chi connectivity index (χ1n) is 6.94. The highest BCUT2D eigenvalue weighted by molar-refractivity contribution is 7.98. The molecule has 0 aromatic heterocycles. The van der Waals surface area contributed by atoms with E-state index in [1.54, 1.807) is 11.8 Å². The molecule has 0 spiro atoms. The van der Waals surface area contributed by atoms with Gasteiger partial charge in [0.1, 0.15) is 0 Å². The lowest BCUT2D eigenvalue weighted by molar-refractivity contribution is -0.125. The lowest BCUT2D eigenvalue weighted by Crippen LogP contribution is -2.49. The van der Waals surface area contributed by atoms with E-state index in [-0.39, 0.29) is 17.9 Å². The Morgan fingerprint density at radius 2 is 2.32 bits per heavy atom. The van der Waals surface area contributed by atoms with E-state index in [9.17, 15) is 4.79 Å². The average molecular weight is 289 g/mol. The summed E-state index contributed by atoms with van der Waals surface area (Å²) in [5.41, 5.74) is 0. The third kappa shape index (κ3) is 7.15. The van der Waals surface area contributed by atoms with Gasteiger partial charge in [0.2, 0.25) is 5.91 Å².